The summed E-state index contributed by atoms with van der Waals surface area (Å²) in [7, 11) is 0. The van der Waals surface area contributed by atoms with E-state index in [1.807, 2.05) is 6.07 Å². The van der Waals surface area contributed by atoms with Crippen LogP contribution in [0.1, 0.15) is 20.8 Å². The number of carbonyl (C=O) groups excluding carboxylic acids is 1. The van der Waals surface area contributed by atoms with Crippen molar-refractivity contribution in [3.05, 3.63) is 64.7 Å². The molecule has 0 aliphatic carbocycles. The molecular weight excluding hydrogens is 296 g/mol. The third kappa shape index (κ3) is 4.29. The Morgan fingerprint density at radius 1 is 1.04 bits per heavy atom. The van der Waals surface area contributed by atoms with Crippen LogP contribution in [0.3, 0.4) is 0 Å². The van der Waals surface area contributed by atoms with E-state index in [2.05, 4.69) is 0 Å². The van der Waals surface area contributed by atoms with Gasteiger partial charge in [0.1, 0.15) is 5.60 Å². The number of carbonyl (C=O) groups is 1. The monoisotopic (exact) mass is 314 g/mol. The maximum Gasteiger partial charge on any atom is 0.419 e. The molecule has 0 bridgehead atoms. The van der Waals surface area contributed by atoms with E-state index in [9.17, 15) is 14.9 Å². The first kappa shape index (κ1) is 16.5. The molecule has 0 aromatic heterocycles. The zero-order valence-corrected chi connectivity index (χ0v) is 13.2. The van der Waals surface area contributed by atoms with Crippen LogP contribution in [0.5, 0.6) is 0 Å². The number of nitro benzene ring substituents is 1. The van der Waals surface area contributed by atoms with Crippen molar-refractivity contribution in [3.63, 3.8) is 0 Å². The fourth-order valence-corrected chi connectivity index (χ4v) is 1.99. The molecule has 23 heavy (non-hydrogen) atoms. The Balaban J connectivity index is 2.48. The van der Waals surface area contributed by atoms with E-state index >= 15 is 0 Å². The van der Waals surface area contributed by atoms with Crippen molar-refractivity contribution in [1.82, 2.24) is 0 Å². The molecule has 0 saturated carbocycles. The Bertz CT molecular complexity index is 708. The maximum atomic E-state index is 12.6. The highest BCUT2D eigenvalue weighted by molar-refractivity contribution is 5.96. The van der Waals surface area contributed by atoms with E-state index in [4.69, 9.17) is 4.74 Å². The van der Waals surface area contributed by atoms with Gasteiger partial charge in [-0.3, -0.25) is 10.1 Å². The third-order valence-corrected chi connectivity index (χ3v) is 2.89. The molecule has 6 heteroatoms. The summed E-state index contributed by atoms with van der Waals surface area (Å²) in [5.74, 6) is 0. The van der Waals surface area contributed by atoms with Crippen molar-refractivity contribution in [1.29, 1.82) is 0 Å². The van der Waals surface area contributed by atoms with Crippen LogP contribution in [-0.2, 0) is 4.74 Å². The molecule has 0 saturated heterocycles. The lowest BCUT2D eigenvalue weighted by atomic mass is 10.2. The number of benzene rings is 2. The number of hydrogen-bond donors (Lipinski definition) is 0. The fraction of sp³-hybridized carbons (Fsp3) is 0.235. The first-order valence-electron chi connectivity index (χ1n) is 7.10. The van der Waals surface area contributed by atoms with Crippen molar-refractivity contribution in [2.24, 2.45) is 0 Å². The van der Waals surface area contributed by atoms with Crippen LogP contribution in [-0.4, -0.2) is 16.6 Å². The van der Waals surface area contributed by atoms with Crippen LogP contribution >= 0.6 is 0 Å². The van der Waals surface area contributed by atoms with Crippen molar-refractivity contribution >= 4 is 23.2 Å². The SMILES string of the molecule is CC(C)(C)OC(=O)N(c1ccccc1)c1cccc([N+](=O)[O-])c1. The number of ether oxygens (including phenoxy) is 1. The smallest absolute Gasteiger partial charge is 0.419 e. The molecule has 2 aromatic rings. The minimum atomic E-state index is -0.676. The van der Waals surface area contributed by atoms with Gasteiger partial charge in [-0.25, -0.2) is 9.69 Å². The molecule has 0 fully saturated rings. The number of hydrogen-bond acceptors (Lipinski definition) is 4. The number of para-hydroxylation sites is 1. The standard InChI is InChI=1S/C17H18N2O4/c1-17(2,3)23-16(20)18(13-8-5-4-6-9-13)14-10-7-11-15(12-14)19(21)22/h4-12H,1-3H3. The van der Waals surface area contributed by atoms with E-state index in [0.29, 0.717) is 11.4 Å². The third-order valence-electron chi connectivity index (χ3n) is 2.89. The maximum absolute atomic E-state index is 12.6. The van der Waals surface area contributed by atoms with E-state index in [1.165, 1.54) is 23.1 Å². The summed E-state index contributed by atoms with van der Waals surface area (Å²) >= 11 is 0. The second-order valence-corrected chi connectivity index (χ2v) is 5.93. The molecule has 120 valence electrons. The molecule has 0 heterocycles. The Morgan fingerprint density at radius 3 is 2.22 bits per heavy atom. The number of nitro groups is 1. The number of nitrogens with zero attached hydrogens (tertiary/aromatic N) is 2. The number of amides is 1. The van der Waals surface area contributed by atoms with Crippen LogP contribution in [0.4, 0.5) is 21.9 Å². The average Bonchev–Trinajstić information content (AvgIpc) is 2.47. The minimum Gasteiger partial charge on any atom is -0.443 e. The zero-order valence-electron chi connectivity index (χ0n) is 13.2. The molecule has 6 nitrogen and oxygen atoms in total. The highest BCUT2D eigenvalue weighted by Crippen LogP contribution is 2.30. The van der Waals surface area contributed by atoms with Gasteiger partial charge in [-0.15, -0.1) is 0 Å². The van der Waals surface area contributed by atoms with Crippen LogP contribution in [0.25, 0.3) is 0 Å². The molecule has 0 N–H and O–H groups in total. The van der Waals surface area contributed by atoms with Gasteiger partial charge >= 0.3 is 6.09 Å². The molecule has 2 rings (SSSR count). The van der Waals surface area contributed by atoms with Gasteiger partial charge in [0.15, 0.2) is 0 Å². The number of anilines is 2. The first-order chi connectivity index (χ1) is 10.8. The average molecular weight is 314 g/mol. The first-order valence-corrected chi connectivity index (χ1v) is 7.10. The minimum absolute atomic E-state index is 0.0908. The van der Waals surface area contributed by atoms with Crippen molar-refractivity contribution < 1.29 is 14.5 Å². The van der Waals surface area contributed by atoms with Crippen LogP contribution in [0.2, 0.25) is 0 Å². The predicted octanol–water partition coefficient (Wildman–Crippen LogP) is 4.67. The lowest BCUT2D eigenvalue weighted by Gasteiger charge is -2.27. The summed E-state index contributed by atoms with van der Waals surface area (Å²) in [6, 6.07) is 14.8. The van der Waals surface area contributed by atoms with E-state index in [1.54, 1.807) is 51.1 Å². The molecule has 0 atom stereocenters. The lowest BCUT2D eigenvalue weighted by molar-refractivity contribution is -0.384. The Hall–Kier alpha value is -2.89. The highest BCUT2D eigenvalue weighted by Gasteiger charge is 2.25. The topological polar surface area (TPSA) is 72.7 Å². The summed E-state index contributed by atoms with van der Waals surface area (Å²) in [4.78, 5) is 24.4. The van der Waals surface area contributed by atoms with Crippen LogP contribution in [0.15, 0.2) is 54.6 Å². The quantitative estimate of drug-likeness (QED) is 0.609. The fourth-order valence-electron chi connectivity index (χ4n) is 1.99. The predicted molar refractivity (Wildman–Crippen MR) is 87.9 cm³/mol. The number of non-ortho nitro benzene ring substituents is 1. The largest absolute Gasteiger partial charge is 0.443 e. The van der Waals surface area contributed by atoms with Gasteiger partial charge in [0.2, 0.25) is 0 Å². The van der Waals surface area contributed by atoms with Gasteiger partial charge in [-0.2, -0.15) is 0 Å². The Labute approximate surface area is 134 Å². The lowest BCUT2D eigenvalue weighted by Crippen LogP contribution is -2.33. The van der Waals surface area contributed by atoms with Crippen molar-refractivity contribution in [2.75, 3.05) is 4.90 Å². The van der Waals surface area contributed by atoms with E-state index in [-0.39, 0.29) is 5.69 Å². The molecule has 2 aromatic carbocycles. The number of rotatable bonds is 3. The molecule has 0 aliphatic heterocycles. The van der Waals surface area contributed by atoms with Crippen LogP contribution in [0, 0.1) is 10.1 Å². The van der Waals surface area contributed by atoms with Crippen molar-refractivity contribution in [3.8, 4) is 0 Å². The summed E-state index contributed by atoms with van der Waals surface area (Å²) < 4.78 is 5.43. The molecule has 0 unspecified atom stereocenters. The second kappa shape index (κ2) is 6.48. The highest BCUT2D eigenvalue weighted by atomic mass is 16.6. The Kier molecular flexibility index (Phi) is 4.64. The van der Waals surface area contributed by atoms with Gasteiger partial charge in [0.05, 0.1) is 16.3 Å². The molecular formula is C17H18N2O4. The van der Waals surface area contributed by atoms with E-state index < -0.39 is 16.6 Å². The summed E-state index contributed by atoms with van der Waals surface area (Å²) in [6.07, 6.45) is -0.593. The summed E-state index contributed by atoms with van der Waals surface area (Å²) in [5, 5.41) is 11.0. The second-order valence-electron chi connectivity index (χ2n) is 5.93. The van der Waals surface area contributed by atoms with Gasteiger partial charge < -0.3 is 4.74 Å². The summed E-state index contributed by atoms with van der Waals surface area (Å²) in [6.45, 7) is 5.30. The van der Waals surface area contributed by atoms with Gasteiger partial charge in [0, 0.05) is 12.1 Å². The van der Waals surface area contributed by atoms with Gasteiger partial charge in [-0.1, -0.05) is 24.3 Å². The van der Waals surface area contributed by atoms with Crippen molar-refractivity contribution in [2.45, 2.75) is 26.4 Å². The zero-order chi connectivity index (χ0) is 17.0. The van der Waals surface area contributed by atoms with Gasteiger partial charge in [0.25, 0.3) is 5.69 Å². The Morgan fingerprint density at radius 2 is 1.65 bits per heavy atom. The van der Waals surface area contributed by atoms with Gasteiger partial charge in [-0.05, 0) is 39.0 Å². The molecule has 1 amide bonds. The molecule has 0 radical (unpaired) electrons. The molecule has 0 spiro atoms. The normalized spacial score (nSPS) is 10.9. The molecule has 0 aliphatic rings. The van der Waals surface area contributed by atoms with Crippen LogP contribution < -0.4 is 4.90 Å². The van der Waals surface area contributed by atoms with E-state index in [0.717, 1.165) is 0 Å². The summed E-state index contributed by atoms with van der Waals surface area (Å²) in [5.41, 5.74) is 0.180.